The predicted molar refractivity (Wildman–Crippen MR) is 125 cm³/mol. The van der Waals surface area contributed by atoms with Gasteiger partial charge in [0.15, 0.2) is 5.84 Å². The molecule has 3 aromatic rings. The number of likely N-dealkylation sites (tertiary alicyclic amines) is 1. The van der Waals surface area contributed by atoms with Crippen LogP contribution in [0.2, 0.25) is 0 Å². The fourth-order valence-corrected chi connectivity index (χ4v) is 5.45. The Balaban J connectivity index is 1.25. The van der Waals surface area contributed by atoms with E-state index < -0.39 is 10.0 Å². The molecule has 1 atom stereocenters. The van der Waals surface area contributed by atoms with E-state index in [0.717, 1.165) is 31.7 Å². The van der Waals surface area contributed by atoms with Gasteiger partial charge in [-0.3, -0.25) is 9.69 Å². The maximum absolute atomic E-state index is 12.8. The summed E-state index contributed by atoms with van der Waals surface area (Å²) in [7, 11) is -3.69. The zero-order valence-electron chi connectivity index (χ0n) is 17.9. The van der Waals surface area contributed by atoms with Crippen LogP contribution in [0.4, 0.5) is 5.69 Å². The van der Waals surface area contributed by atoms with Gasteiger partial charge in [-0.25, -0.2) is 0 Å². The van der Waals surface area contributed by atoms with E-state index in [-0.39, 0.29) is 22.7 Å². The van der Waals surface area contributed by atoms with Crippen LogP contribution in [0, 0.1) is 0 Å². The number of anilines is 1. The molecule has 2 aromatic carbocycles. The first kappa shape index (κ1) is 21.4. The summed E-state index contributed by atoms with van der Waals surface area (Å²) >= 11 is 0. The highest BCUT2D eigenvalue weighted by Gasteiger charge is 2.29. The average Bonchev–Trinajstić information content (AvgIpc) is 3.58. The smallest absolute Gasteiger partial charge is 0.285 e. The molecule has 0 spiro atoms. The second kappa shape index (κ2) is 8.84. The lowest BCUT2D eigenvalue weighted by molar-refractivity contribution is 0.0934. The van der Waals surface area contributed by atoms with Crippen LogP contribution >= 0.6 is 0 Å². The maximum atomic E-state index is 12.8. The molecule has 1 aromatic heterocycles. The molecule has 1 saturated heterocycles. The normalized spacial score (nSPS) is 17.9. The number of furan rings is 1. The third-order valence-corrected chi connectivity index (χ3v) is 7.29. The molecule has 2 aliphatic heterocycles. The Morgan fingerprint density at radius 3 is 2.52 bits per heavy atom. The summed E-state index contributed by atoms with van der Waals surface area (Å²) in [5.41, 5.74) is 1.69. The minimum absolute atomic E-state index is 0.00906. The molecule has 1 unspecified atom stereocenters. The van der Waals surface area contributed by atoms with E-state index in [9.17, 15) is 13.2 Å². The van der Waals surface area contributed by atoms with Gasteiger partial charge in [0.05, 0.1) is 12.3 Å². The average molecular weight is 465 g/mol. The number of hydrogen-bond acceptors (Lipinski definition) is 6. The van der Waals surface area contributed by atoms with Gasteiger partial charge in [-0.2, -0.15) is 8.42 Å². The lowest BCUT2D eigenvalue weighted by Gasteiger charge is -2.26. The van der Waals surface area contributed by atoms with E-state index in [0.29, 0.717) is 23.4 Å². The molecule has 33 heavy (non-hydrogen) atoms. The Hall–Kier alpha value is -3.43. The number of nitrogens with zero attached hydrogens (tertiary/aromatic N) is 2. The SMILES string of the molecule is O=C(NCC(c1ccco1)N1CCCC1)c1ccc(NC2=NS(=O)(=O)c3ccccc32)cc1. The molecular formula is C24H24N4O4S. The Bertz CT molecular complexity index is 1280. The first-order chi connectivity index (χ1) is 16.0. The lowest BCUT2D eigenvalue weighted by Crippen LogP contribution is -2.36. The highest BCUT2D eigenvalue weighted by Crippen LogP contribution is 2.27. The van der Waals surface area contributed by atoms with Gasteiger partial charge in [-0.15, -0.1) is 4.40 Å². The number of benzene rings is 2. The third kappa shape index (κ3) is 4.42. The van der Waals surface area contributed by atoms with Gasteiger partial charge in [0.25, 0.3) is 15.9 Å². The van der Waals surface area contributed by atoms with Gasteiger partial charge >= 0.3 is 0 Å². The zero-order chi connectivity index (χ0) is 22.8. The van der Waals surface area contributed by atoms with Crippen molar-refractivity contribution in [2.45, 2.75) is 23.8 Å². The molecular weight excluding hydrogens is 440 g/mol. The van der Waals surface area contributed by atoms with Crippen LogP contribution in [0.5, 0.6) is 0 Å². The van der Waals surface area contributed by atoms with Crippen LogP contribution < -0.4 is 10.6 Å². The first-order valence-electron chi connectivity index (χ1n) is 10.9. The highest BCUT2D eigenvalue weighted by atomic mass is 32.2. The molecule has 5 rings (SSSR count). The number of sulfonamides is 1. The predicted octanol–water partition coefficient (Wildman–Crippen LogP) is 3.41. The number of carbonyl (C=O) groups is 1. The van der Waals surface area contributed by atoms with Crippen molar-refractivity contribution in [1.82, 2.24) is 10.2 Å². The van der Waals surface area contributed by atoms with Crippen molar-refractivity contribution in [2.24, 2.45) is 4.40 Å². The zero-order valence-corrected chi connectivity index (χ0v) is 18.7. The van der Waals surface area contributed by atoms with Crippen LogP contribution in [-0.4, -0.2) is 44.7 Å². The standard InChI is InChI=1S/C24H24N4O4S/c29-24(25-16-20(21-7-5-15-32-21)28-13-3-4-14-28)17-9-11-18(12-10-17)26-23-19-6-1-2-8-22(19)33(30,31)27-23/h1-2,5-12,15,20H,3-4,13-14,16H2,(H,25,29)(H,26,27). The monoisotopic (exact) mass is 464 g/mol. The summed E-state index contributed by atoms with van der Waals surface area (Å²) in [5, 5.41) is 6.06. The number of rotatable bonds is 6. The van der Waals surface area contributed by atoms with E-state index >= 15 is 0 Å². The molecule has 2 N–H and O–H groups in total. The van der Waals surface area contributed by atoms with Crippen LogP contribution in [0.25, 0.3) is 0 Å². The van der Waals surface area contributed by atoms with Gasteiger partial charge in [-0.1, -0.05) is 12.1 Å². The van der Waals surface area contributed by atoms with Crippen LogP contribution in [0.3, 0.4) is 0 Å². The summed E-state index contributed by atoms with van der Waals surface area (Å²) < 4.78 is 33.9. The molecule has 8 nitrogen and oxygen atoms in total. The Morgan fingerprint density at radius 1 is 1.03 bits per heavy atom. The molecule has 0 bridgehead atoms. The lowest BCUT2D eigenvalue weighted by atomic mass is 10.1. The summed E-state index contributed by atoms with van der Waals surface area (Å²) in [4.78, 5) is 15.3. The fraction of sp³-hybridized carbons (Fsp3) is 0.250. The van der Waals surface area contributed by atoms with Crippen molar-refractivity contribution in [3.05, 3.63) is 83.8 Å². The number of hydrogen-bond donors (Lipinski definition) is 2. The molecule has 0 saturated carbocycles. The second-order valence-electron chi connectivity index (χ2n) is 8.10. The minimum Gasteiger partial charge on any atom is -0.468 e. The number of nitrogens with one attached hydrogen (secondary N) is 2. The van der Waals surface area contributed by atoms with Crippen LogP contribution in [0.15, 0.2) is 80.6 Å². The topological polar surface area (TPSA) is 104 Å². The van der Waals surface area contributed by atoms with E-state index in [2.05, 4.69) is 19.9 Å². The summed E-state index contributed by atoms with van der Waals surface area (Å²) in [5.74, 6) is 0.947. The van der Waals surface area contributed by atoms with Crippen molar-refractivity contribution in [2.75, 3.05) is 25.0 Å². The van der Waals surface area contributed by atoms with Gasteiger partial charge < -0.3 is 15.1 Å². The van der Waals surface area contributed by atoms with E-state index in [1.165, 1.54) is 6.07 Å². The van der Waals surface area contributed by atoms with Crippen LogP contribution in [-0.2, 0) is 10.0 Å². The first-order valence-corrected chi connectivity index (χ1v) is 12.3. The molecule has 3 heterocycles. The van der Waals surface area contributed by atoms with Crippen molar-refractivity contribution in [3.63, 3.8) is 0 Å². The molecule has 9 heteroatoms. The summed E-state index contributed by atoms with van der Waals surface area (Å²) in [6.45, 7) is 2.44. The number of carbonyl (C=O) groups excluding carboxylic acids is 1. The van der Waals surface area contributed by atoms with E-state index in [1.54, 1.807) is 48.7 Å². The molecule has 170 valence electrons. The largest absolute Gasteiger partial charge is 0.468 e. The quantitative estimate of drug-likeness (QED) is 0.579. The molecule has 0 radical (unpaired) electrons. The van der Waals surface area contributed by atoms with Crippen molar-refractivity contribution in [3.8, 4) is 0 Å². The molecule has 2 aliphatic rings. The molecule has 1 amide bonds. The van der Waals surface area contributed by atoms with Crippen molar-refractivity contribution in [1.29, 1.82) is 0 Å². The van der Waals surface area contributed by atoms with Crippen molar-refractivity contribution >= 4 is 27.5 Å². The highest BCUT2D eigenvalue weighted by molar-refractivity contribution is 7.90. The molecule has 1 fully saturated rings. The number of amides is 1. The van der Waals surface area contributed by atoms with Gasteiger partial charge in [-0.05, 0) is 74.5 Å². The van der Waals surface area contributed by atoms with E-state index in [1.807, 2.05) is 12.1 Å². The Kier molecular flexibility index (Phi) is 5.74. The fourth-order valence-electron chi connectivity index (χ4n) is 4.27. The Labute approximate surface area is 192 Å². The Morgan fingerprint density at radius 2 is 1.79 bits per heavy atom. The van der Waals surface area contributed by atoms with Crippen molar-refractivity contribution < 1.29 is 17.6 Å². The summed E-state index contributed by atoms with van der Waals surface area (Å²) in [6, 6.07) is 17.4. The second-order valence-corrected chi connectivity index (χ2v) is 9.67. The van der Waals surface area contributed by atoms with Gasteiger partial charge in [0.1, 0.15) is 10.7 Å². The summed E-state index contributed by atoms with van der Waals surface area (Å²) in [6.07, 6.45) is 3.96. The third-order valence-electron chi connectivity index (χ3n) is 5.95. The minimum atomic E-state index is -3.69. The van der Waals surface area contributed by atoms with E-state index in [4.69, 9.17) is 4.42 Å². The van der Waals surface area contributed by atoms with Gasteiger partial charge in [0, 0.05) is 23.4 Å². The molecule has 0 aliphatic carbocycles. The van der Waals surface area contributed by atoms with Crippen LogP contribution in [0.1, 0.15) is 40.6 Å². The van der Waals surface area contributed by atoms with Gasteiger partial charge in [0.2, 0.25) is 0 Å². The number of fused-ring (bicyclic) bond motifs is 1. The maximum Gasteiger partial charge on any atom is 0.285 e. The number of amidine groups is 1.